The van der Waals surface area contributed by atoms with Gasteiger partial charge >= 0.3 is 0 Å². The predicted octanol–water partition coefficient (Wildman–Crippen LogP) is 6.03. The Morgan fingerprint density at radius 1 is 0.920 bits per heavy atom. The summed E-state index contributed by atoms with van der Waals surface area (Å²) in [5.41, 5.74) is 6.43. The smallest absolute Gasteiger partial charge is 0.255 e. The molecule has 1 saturated heterocycles. The van der Waals surface area contributed by atoms with E-state index in [2.05, 4.69) is 22.8 Å². The number of hydrogen-bond donors (Lipinski definition) is 3. The van der Waals surface area contributed by atoms with E-state index in [1.165, 1.54) is 16.7 Å². The highest BCUT2D eigenvalue weighted by Crippen LogP contribution is 2.37. The van der Waals surface area contributed by atoms with Gasteiger partial charge in [0.1, 0.15) is 24.1 Å². The van der Waals surface area contributed by atoms with Crippen molar-refractivity contribution >= 4 is 58.1 Å². The van der Waals surface area contributed by atoms with Crippen molar-refractivity contribution in [3.05, 3.63) is 125 Å². The highest BCUT2D eigenvalue weighted by atomic mass is 35.5. The number of hydrogen-bond acceptors (Lipinski definition) is 7. The zero-order valence-electron chi connectivity index (χ0n) is 27.2. The second-order valence-electron chi connectivity index (χ2n) is 11.9. The van der Waals surface area contributed by atoms with E-state index in [0.717, 1.165) is 38.3 Å². The molecule has 4 aromatic carbocycles. The maximum atomic E-state index is 13.1. The van der Waals surface area contributed by atoms with Crippen LogP contribution in [0.1, 0.15) is 51.9 Å². The fourth-order valence-corrected chi connectivity index (χ4v) is 7.36. The number of piperidine rings is 1. The lowest BCUT2D eigenvalue weighted by molar-refractivity contribution is -0.137. The number of carbonyl (C=O) groups is 4. The first-order valence-electron chi connectivity index (χ1n) is 16.4. The number of rotatable bonds is 13. The Bertz CT molecular complexity index is 1910. The minimum atomic E-state index is -0.689. The van der Waals surface area contributed by atoms with Gasteiger partial charge in [0, 0.05) is 29.3 Å². The summed E-state index contributed by atoms with van der Waals surface area (Å²) in [6.45, 7) is 0.834. The molecule has 4 aromatic rings. The zero-order chi connectivity index (χ0) is 35.0. The highest BCUT2D eigenvalue weighted by Gasteiger charge is 2.39. The first-order chi connectivity index (χ1) is 24.3. The topological polar surface area (TPSA) is 125 Å². The number of thioether (sulfide) groups is 1. The van der Waals surface area contributed by atoms with Crippen molar-refractivity contribution in [1.29, 1.82) is 0 Å². The van der Waals surface area contributed by atoms with Crippen molar-refractivity contribution in [2.75, 3.05) is 24.8 Å². The third kappa shape index (κ3) is 8.04. The number of phenolic OH excluding ortho intramolecular Hbond substituents is 1. The molecule has 6 rings (SSSR count). The fraction of sp³-hybridized carbons (Fsp3) is 0.231. The monoisotopic (exact) mass is 709 g/mol. The molecule has 3 N–H and O–H groups in total. The van der Waals surface area contributed by atoms with Gasteiger partial charge < -0.3 is 20.1 Å². The molecule has 9 nitrogen and oxygen atoms in total. The molecular weight excluding hydrogens is 674 g/mol. The van der Waals surface area contributed by atoms with Gasteiger partial charge in [-0.3, -0.25) is 24.5 Å². The molecule has 11 heteroatoms. The van der Waals surface area contributed by atoms with E-state index in [-0.39, 0.29) is 48.8 Å². The van der Waals surface area contributed by atoms with Gasteiger partial charge in [-0.05, 0) is 82.6 Å². The molecular formula is C39H36ClN3O6S. The van der Waals surface area contributed by atoms with Crippen LogP contribution < -0.4 is 15.4 Å². The average molecular weight is 710 g/mol. The second kappa shape index (κ2) is 16.1. The molecule has 50 heavy (non-hydrogen) atoms. The van der Waals surface area contributed by atoms with Gasteiger partial charge in [0.05, 0.1) is 12.3 Å². The summed E-state index contributed by atoms with van der Waals surface area (Å²) in [6.07, 6.45) is 1.14. The summed E-state index contributed by atoms with van der Waals surface area (Å²) < 4.78 is 5.94. The first-order valence-corrected chi connectivity index (χ1v) is 17.9. The summed E-state index contributed by atoms with van der Waals surface area (Å²) in [7, 11) is 0. The van der Waals surface area contributed by atoms with E-state index < -0.39 is 11.9 Å². The van der Waals surface area contributed by atoms with Crippen LogP contribution in [0.4, 0.5) is 0 Å². The van der Waals surface area contributed by atoms with Crippen LogP contribution >= 0.6 is 23.4 Å². The van der Waals surface area contributed by atoms with Crippen LogP contribution in [0.5, 0.6) is 11.5 Å². The SMILES string of the molecule is O=C(CSc1cccc2c1CN(C1CCC(=O)NC1=O)C2=O)NCCOc1ccc(C(=C(CCCl)c2ccccc2)c2ccc(O)cc2)cc1. The number of halogens is 1. The quantitative estimate of drug-likeness (QED) is 0.0509. The number of carbonyl (C=O) groups excluding carboxylic acids is 4. The third-order valence-electron chi connectivity index (χ3n) is 8.66. The van der Waals surface area contributed by atoms with Crippen molar-refractivity contribution < 1.29 is 29.0 Å². The van der Waals surface area contributed by atoms with Crippen molar-refractivity contribution in [3.63, 3.8) is 0 Å². The molecule has 1 atom stereocenters. The zero-order valence-corrected chi connectivity index (χ0v) is 28.8. The van der Waals surface area contributed by atoms with Crippen molar-refractivity contribution in [2.24, 2.45) is 0 Å². The molecule has 0 saturated carbocycles. The molecule has 1 fully saturated rings. The number of alkyl halides is 1. The van der Waals surface area contributed by atoms with Crippen molar-refractivity contribution in [1.82, 2.24) is 15.5 Å². The van der Waals surface area contributed by atoms with Crippen LogP contribution in [-0.2, 0) is 20.9 Å². The number of nitrogens with zero attached hydrogens (tertiary/aromatic N) is 1. The highest BCUT2D eigenvalue weighted by molar-refractivity contribution is 8.00. The maximum Gasteiger partial charge on any atom is 0.255 e. The number of amides is 4. The summed E-state index contributed by atoms with van der Waals surface area (Å²) >= 11 is 7.60. The minimum absolute atomic E-state index is 0.149. The number of aromatic hydroxyl groups is 1. The number of imide groups is 1. The van der Waals surface area contributed by atoms with Gasteiger partial charge in [0.25, 0.3) is 5.91 Å². The molecule has 2 aliphatic rings. The van der Waals surface area contributed by atoms with Gasteiger partial charge in [0.15, 0.2) is 0 Å². The second-order valence-corrected chi connectivity index (χ2v) is 13.3. The number of nitrogens with one attached hydrogen (secondary N) is 2. The Labute approximate surface area is 299 Å². The summed E-state index contributed by atoms with van der Waals surface area (Å²) in [5.74, 6) is 0.255. The van der Waals surface area contributed by atoms with E-state index >= 15 is 0 Å². The normalized spacial score (nSPS) is 16.1. The summed E-state index contributed by atoms with van der Waals surface area (Å²) in [5, 5.41) is 15.1. The van der Waals surface area contributed by atoms with E-state index in [0.29, 0.717) is 36.6 Å². The van der Waals surface area contributed by atoms with E-state index in [1.807, 2.05) is 60.7 Å². The minimum Gasteiger partial charge on any atom is -0.508 e. The van der Waals surface area contributed by atoms with Gasteiger partial charge in [-0.15, -0.1) is 23.4 Å². The molecule has 0 radical (unpaired) electrons. The Kier molecular flexibility index (Phi) is 11.2. The Morgan fingerprint density at radius 3 is 2.34 bits per heavy atom. The summed E-state index contributed by atoms with van der Waals surface area (Å²) in [4.78, 5) is 52.1. The molecule has 0 aromatic heterocycles. The fourth-order valence-electron chi connectivity index (χ4n) is 6.25. The number of fused-ring (bicyclic) bond motifs is 1. The van der Waals surface area contributed by atoms with Gasteiger partial charge in [0.2, 0.25) is 17.7 Å². The molecule has 2 aliphatic heterocycles. The predicted molar refractivity (Wildman–Crippen MR) is 194 cm³/mol. The van der Waals surface area contributed by atoms with E-state index in [9.17, 15) is 24.3 Å². The largest absolute Gasteiger partial charge is 0.508 e. The molecule has 4 amide bonds. The number of benzene rings is 4. The van der Waals surface area contributed by atoms with E-state index in [4.69, 9.17) is 16.3 Å². The van der Waals surface area contributed by atoms with Crippen LogP contribution in [0.25, 0.3) is 11.1 Å². The molecule has 0 aliphatic carbocycles. The molecule has 0 spiro atoms. The van der Waals surface area contributed by atoms with Crippen LogP contribution in [0.3, 0.4) is 0 Å². The van der Waals surface area contributed by atoms with Crippen LogP contribution in [0.15, 0.2) is 102 Å². The Morgan fingerprint density at radius 2 is 1.64 bits per heavy atom. The molecule has 0 bridgehead atoms. The van der Waals surface area contributed by atoms with Gasteiger partial charge in [-0.2, -0.15) is 0 Å². The molecule has 256 valence electrons. The molecule has 2 heterocycles. The first kappa shape index (κ1) is 34.8. The standard InChI is InChI=1S/C39H36ClN3O6S/c40-20-19-30(25-5-2-1-3-6-25)37(26-9-13-28(44)14-10-26)27-11-15-29(16-12-27)49-22-21-41-36(46)24-50-34-8-4-7-31-32(34)23-43(39(31)48)33-17-18-35(45)42-38(33)47/h1-16,33,44H,17-24H2,(H,41,46)(H,42,45,47). The Hall–Kier alpha value is -5.06. The van der Waals surface area contributed by atoms with Crippen molar-refractivity contribution in [3.8, 4) is 11.5 Å². The number of phenols is 1. The lowest BCUT2D eigenvalue weighted by Crippen LogP contribution is -2.52. The maximum absolute atomic E-state index is 13.1. The van der Waals surface area contributed by atoms with E-state index in [1.54, 1.807) is 24.3 Å². The van der Waals surface area contributed by atoms with Gasteiger partial charge in [-0.25, -0.2) is 0 Å². The van der Waals surface area contributed by atoms with Crippen LogP contribution in [0.2, 0.25) is 0 Å². The number of ether oxygens (including phenoxy) is 1. The molecule has 1 unspecified atom stereocenters. The van der Waals surface area contributed by atoms with Crippen LogP contribution in [0, 0.1) is 0 Å². The summed E-state index contributed by atoms with van der Waals surface area (Å²) in [6, 6.07) is 29.7. The lowest BCUT2D eigenvalue weighted by Gasteiger charge is -2.29. The average Bonchev–Trinajstić information content (AvgIpc) is 3.46. The van der Waals surface area contributed by atoms with Gasteiger partial charge in [-0.1, -0.05) is 60.7 Å². The van der Waals surface area contributed by atoms with Crippen molar-refractivity contribution in [2.45, 2.75) is 36.7 Å². The Balaban J connectivity index is 1.04. The third-order valence-corrected chi connectivity index (χ3v) is 9.95. The number of allylic oxidation sites excluding steroid dienone is 1. The van der Waals surface area contributed by atoms with Crippen LogP contribution in [-0.4, -0.2) is 64.5 Å². The lowest BCUT2D eigenvalue weighted by atomic mass is 9.88.